The Morgan fingerprint density at radius 3 is 3.00 bits per heavy atom. The van der Waals surface area contributed by atoms with Crippen LogP contribution in [-0.4, -0.2) is 22.0 Å². The van der Waals surface area contributed by atoms with Crippen molar-refractivity contribution in [3.8, 4) is 0 Å². The topological polar surface area (TPSA) is 97.1 Å². The second-order valence-electron chi connectivity index (χ2n) is 6.72. The highest BCUT2D eigenvalue weighted by molar-refractivity contribution is 7.14. The molecule has 3 rings (SSSR count). The van der Waals surface area contributed by atoms with Crippen molar-refractivity contribution in [2.75, 3.05) is 0 Å². The van der Waals surface area contributed by atoms with E-state index in [0.29, 0.717) is 35.4 Å². The van der Waals surface area contributed by atoms with Gasteiger partial charge in [-0.1, -0.05) is 19.0 Å². The average molecular weight is 376 g/mol. The van der Waals surface area contributed by atoms with Crippen LogP contribution < -0.4 is 10.9 Å². The van der Waals surface area contributed by atoms with Crippen molar-refractivity contribution in [1.29, 1.82) is 0 Å². The molecule has 0 radical (unpaired) electrons. The van der Waals surface area contributed by atoms with Crippen molar-refractivity contribution < 1.29 is 14.1 Å². The van der Waals surface area contributed by atoms with Gasteiger partial charge >= 0.3 is 0 Å². The standard InChI is InChI=1S/C18H24N4O3S/c1-3-15-19-17(25-22-15)6-4-5-16(23)20-21-18(24)14-10-12-9-11(2)7-8-13(12)26-14/h10-11H,3-9H2,1-2H3,(H,20,23)(H,21,24). The quantitative estimate of drug-likeness (QED) is 0.755. The van der Waals surface area contributed by atoms with E-state index < -0.39 is 0 Å². The molecule has 2 heterocycles. The number of aromatic nitrogens is 2. The number of fused-ring (bicyclic) bond motifs is 1. The van der Waals surface area contributed by atoms with Crippen LogP contribution in [0.2, 0.25) is 0 Å². The molecule has 1 unspecified atom stereocenters. The van der Waals surface area contributed by atoms with Crippen LogP contribution in [-0.2, 0) is 30.5 Å². The van der Waals surface area contributed by atoms with Gasteiger partial charge in [-0.3, -0.25) is 20.4 Å². The Labute approximate surface area is 156 Å². The van der Waals surface area contributed by atoms with Gasteiger partial charge in [-0.15, -0.1) is 11.3 Å². The van der Waals surface area contributed by atoms with Crippen molar-refractivity contribution in [3.05, 3.63) is 33.1 Å². The number of aryl methyl sites for hydroxylation is 3. The first-order valence-electron chi connectivity index (χ1n) is 9.07. The predicted molar refractivity (Wildman–Crippen MR) is 97.7 cm³/mol. The van der Waals surface area contributed by atoms with Crippen LogP contribution in [0.5, 0.6) is 0 Å². The molecule has 140 valence electrons. The Balaban J connectivity index is 1.40. The molecule has 2 N–H and O–H groups in total. The molecule has 2 amide bonds. The molecule has 0 saturated carbocycles. The SMILES string of the molecule is CCc1noc(CCCC(=O)NNC(=O)c2cc3c(s2)CCC(C)C3)n1. The molecule has 7 nitrogen and oxygen atoms in total. The highest BCUT2D eigenvalue weighted by Crippen LogP contribution is 2.32. The Morgan fingerprint density at radius 2 is 2.23 bits per heavy atom. The number of nitrogens with zero attached hydrogens (tertiary/aromatic N) is 2. The van der Waals surface area contributed by atoms with Gasteiger partial charge < -0.3 is 4.52 Å². The van der Waals surface area contributed by atoms with Gasteiger partial charge in [0, 0.05) is 24.1 Å². The van der Waals surface area contributed by atoms with Gasteiger partial charge in [0.2, 0.25) is 11.8 Å². The molecule has 1 atom stereocenters. The number of hydrogen-bond donors (Lipinski definition) is 2. The molecule has 0 saturated heterocycles. The third kappa shape index (κ3) is 4.69. The van der Waals surface area contributed by atoms with Gasteiger partial charge in [-0.05, 0) is 43.2 Å². The predicted octanol–water partition coefficient (Wildman–Crippen LogP) is 2.60. The maximum atomic E-state index is 12.2. The number of amides is 2. The van der Waals surface area contributed by atoms with Crippen LogP contribution in [0.4, 0.5) is 0 Å². The number of hydrogen-bond acceptors (Lipinski definition) is 6. The lowest BCUT2D eigenvalue weighted by Crippen LogP contribution is -2.41. The molecule has 1 aliphatic carbocycles. The lowest BCUT2D eigenvalue weighted by Gasteiger charge is -2.16. The summed E-state index contributed by atoms with van der Waals surface area (Å²) in [4.78, 5) is 30.3. The van der Waals surface area contributed by atoms with Crippen molar-refractivity contribution in [2.24, 2.45) is 5.92 Å². The number of nitrogens with one attached hydrogen (secondary N) is 2. The number of carbonyl (C=O) groups excluding carboxylic acids is 2. The average Bonchev–Trinajstić information content (AvgIpc) is 3.25. The highest BCUT2D eigenvalue weighted by Gasteiger charge is 2.20. The van der Waals surface area contributed by atoms with Gasteiger partial charge in [0.05, 0.1) is 4.88 Å². The highest BCUT2D eigenvalue weighted by atomic mass is 32.1. The first-order valence-corrected chi connectivity index (χ1v) is 9.89. The fraction of sp³-hybridized carbons (Fsp3) is 0.556. The Morgan fingerprint density at radius 1 is 1.38 bits per heavy atom. The summed E-state index contributed by atoms with van der Waals surface area (Å²) < 4.78 is 5.08. The molecule has 1 aliphatic rings. The summed E-state index contributed by atoms with van der Waals surface area (Å²) in [6, 6.07) is 1.96. The maximum absolute atomic E-state index is 12.2. The molecular weight excluding hydrogens is 352 g/mol. The minimum Gasteiger partial charge on any atom is -0.339 e. The van der Waals surface area contributed by atoms with Gasteiger partial charge in [0.15, 0.2) is 5.82 Å². The van der Waals surface area contributed by atoms with E-state index in [0.717, 1.165) is 19.3 Å². The fourth-order valence-electron chi connectivity index (χ4n) is 3.00. The normalized spacial score (nSPS) is 16.2. The van der Waals surface area contributed by atoms with Crippen LogP contribution in [0.1, 0.15) is 64.9 Å². The van der Waals surface area contributed by atoms with Gasteiger partial charge in [-0.25, -0.2) is 0 Å². The van der Waals surface area contributed by atoms with Crippen LogP contribution in [0.3, 0.4) is 0 Å². The molecular formula is C18H24N4O3S. The molecule has 8 heteroatoms. The Hall–Kier alpha value is -2.22. The zero-order valence-electron chi connectivity index (χ0n) is 15.1. The van der Waals surface area contributed by atoms with E-state index in [1.165, 1.54) is 28.2 Å². The van der Waals surface area contributed by atoms with Gasteiger partial charge in [0.1, 0.15) is 0 Å². The number of rotatable bonds is 6. The Kier molecular flexibility index (Phi) is 6.03. The van der Waals surface area contributed by atoms with Crippen LogP contribution in [0.25, 0.3) is 0 Å². The second kappa shape index (κ2) is 8.44. The van der Waals surface area contributed by atoms with Crippen molar-refractivity contribution >= 4 is 23.2 Å². The van der Waals surface area contributed by atoms with E-state index >= 15 is 0 Å². The van der Waals surface area contributed by atoms with Crippen LogP contribution in [0, 0.1) is 5.92 Å². The summed E-state index contributed by atoms with van der Waals surface area (Å²) >= 11 is 1.53. The second-order valence-corrected chi connectivity index (χ2v) is 7.86. The van der Waals surface area contributed by atoms with Crippen molar-refractivity contribution in [1.82, 2.24) is 21.0 Å². The first kappa shape index (κ1) is 18.6. The molecule has 2 aromatic heterocycles. The summed E-state index contributed by atoms with van der Waals surface area (Å²) in [5, 5.41) is 3.82. The van der Waals surface area contributed by atoms with Gasteiger partial charge in [-0.2, -0.15) is 4.98 Å². The number of carbonyl (C=O) groups is 2. The lowest BCUT2D eigenvalue weighted by molar-refractivity contribution is -0.121. The van der Waals surface area contributed by atoms with Crippen LogP contribution in [0.15, 0.2) is 10.6 Å². The maximum Gasteiger partial charge on any atom is 0.279 e. The molecule has 26 heavy (non-hydrogen) atoms. The van der Waals surface area contributed by atoms with Crippen LogP contribution >= 0.6 is 11.3 Å². The summed E-state index contributed by atoms with van der Waals surface area (Å²) in [6.45, 7) is 4.19. The lowest BCUT2D eigenvalue weighted by atomic mass is 9.90. The Bertz CT molecular complexity index is 783. The zero-order chi connectivity index (χ0) is 18.5. The molecule has 0 aliphatic heterocycles. The third-order valence-electron chi connectivity index (χ3n) is 4.49. The summed E-state index contributed by atoms with van der Waals surface area (Å²) in [6.07, 6.45) is 5.37. The molecule has 0 bridgehead atoms. The summed E-state index contributed by atoms with van der Waals surface area (Å²) in [5.41, 5.74) is 6.25. The smallest absolute Gasteiger partial charge is 0.279 e. The molecule has 0 spiro atoms. The summed E-state index contributed by atoms with van der Waals surface area (Å²) in [7, 11) is 0. The largest absolute Gasteiger partial charge is 0.339 e. The molecule has 0 fully saturated rings. The number of hydrazine groups is 1. The van der Waals surface area contributed by atoms with Crippen molar-refractivity contribution in [3.63, 3.8) is 0 Å². The molecule has 2 aromatic rings. The monoisotopic (exact) mass is 376 g/mol. The minimum absolute atomic E-state index is 0.233. The van der Waals surface area contributed by atoms with E-state index in [-0.39, 0.29) is 18.2 Å². The number of thiophene rings is 1. The van der Waals surface area contributed by atoms with E-state index in [2.05, 4.69) is 27.9 Å². The van der Waals surface area contributed by atoms with E-state index in [1.54, 1.807) is 0 Å². The zero-order valence-corrected chi connectivity index (χ0v) is 15.9. The summed E-state index contributed by atoms with van der Waals surface area (Å²) in [5.74, 6) is 1.39. The minimum atomic E-state index is -0.255. The van der Waals surface area contributed by atoms with E-state index in [4.69, 9.17) is 4.52 Å². The first-order chi connectivity index (χ1) is 12.5. The molecule has 0 aromatic carbocycles. The fourth-order valence-corrected chi connectivity index (χ4v) is 4.11. The van der Waals surface area contributed by atoms with E-state index in [1.807, 2.05) is 13.0 Å². The van der Waals surface area contributed by atoms with E-state index in [9.17, 15) is 9.59 Å². The third-order valence-corrected chi connectivity index (χ3v) is 5.73. The van der Waals surface area contributed by atoms with Gasteiger partial charge in [0.25, 0.3) is 5.91 Å². The van der Waals surface area contributed by atoms with Crippen molar-refractivity contribution in [2.45, 2.75) is 58.8 Å².